The summed E-state index contributed by atoms with van der Waals surface area (Å²) in [7, 11) is 1.35. The van der Waals surface area contributed by atoms with Crippen molar-refractivity contribution >= 4 is 17.3 Å². The number of hydrogen-bond donors (Lipinski definition) is 0. The van der Waals surface area contributed by atoms with E-state index in [1.807, 2.05) is 12.3 Å². The second-order valence-corrected chi connectivity index (χ2v) is 4.69. The molecule has 18 heavy (non-hydrogen) atoms. The van der Waals surface area contributed by atoms with Crippen LogP contribution >= 0.6 is 11.3 Å². The Hall–Kier alpha value is -1.76. The zero-order valence-corrected chi connectivity index (χ0v) is 11.1. The highest BCUT2D eigenvalue weighted by Gasteiger charge is 2.19. The molecule has 0 amide bonds. The van der Waals surface area contributed by atoms with Gasteiger partial charge >= 0.3 is 5.97 Å². The van der Waals surface area contributed by atoms with E-state index in [4.69, 9.17) is 4.74 Å². The van der Waals surface area contributed by atoms with Gasteiger partial charge in [0.1, 0.15) is 5.01 Å². The molecule has 0 spiro atoms. The summed E-state index contributed by atoms with van der Waals surface area (Å²) in [6, 6.07) is 0. The van der Waals surface area contributed by atoms with E-state index < -0.39 is 5.97 Å². The molecule has 2 rings (SSSR count). The first-order chi connectivity index (χ1) is 8.76. The number of rotatable bonds is 5. The van der Waals surface area contributed by atoms with Crippen LogP contribution in [0.1, 0.15) is 34.5 Å². The second-order valence-electron chi connectivity index (χ2n) is 3.71. The minimum absolute atomic E-state index is 0.302. The van der Waals surface area contributed by atoms with E-state index in [1.54, 1.807) is 22.2 Å². The Labute approximate surface area is 109 Å². The number of carbonyl (C=O) groups is 1. The van der Waals surface area contributed by atoms with Gasteiger partial charge in [0.25, 0.3) is 0 Å². The van der Waals surface area contributed by atoms with Crippen LogP contribution in [0.25, 0.3) is 0 Å². The van der Waals surface area contributed by atoms with Crippen molar-refractivity contribution in [2.24, 2.45) is 0 Å². The molecule has 96 valence electrons. The zero-order chi connectivity index (χ0) is 13.0. The summed E-state index contributed by atoms with van der Waals surface area (Å²) < 4.78 is 6.42. The van der Waals surface area contributed by atoms with Crippen LogP contribution in [0.4, 0.5) is 0 Å². The van der Waals surface area contributed by atoms with Gasteiger partial charge < -0.3 is 4.74 Å². The number of hydrogen-bond acceptors (Lipinski definition) is 6. The van der Waals surface area contributed by atoms with Crippen LogP contribution < -0.4 is 0 Å². The van der Waals surface area contributed by atoms with Crippen LogP contribution in [-0.2, 0) is 17.7 Å². The summed E-state index contributed by atoms with van der Waals surface area (Å²) in [5.41, 5.74) is 1.11. The van der Waals surface area contributed by atoms with Crippen molar-refractivity contribution in [1.29, 1.82) is 0 Å². The molecule has 2 aromatic rings. The van der Waals surface area contributed by atoms with Crippen molar-refractivity contribution in [3.8, 4) is 0 Å². The molecule has 2 aromatic heterocycles. The van der Waals surface area contributed by atoms with Crippen molar-refractivity contribution in [3.63, 3.8) is 0 Å². The summed E-state index contributed by atoms with van der Waals surface area (Å²) in [5.74, 6) is -0.441. The third kappa shape index (κ3) is 2.56. The molecule has 0 aliphatic heterocycles. The maximum atomic E-state index is 11.6. The molecule has 0 aromatic carbocycles. The third-order valence-electron chi connectivity index (χ3n) is 2.47. The molecule has 0 saturated heterocycles. The minimum Gasteiger partial charge on any atom is -0.464 e. The third-order valence-corrected chi connectivity index (χ3v) is 3.24. The molecular weight excluding hydrogens is 252 g/mol. The zero-order valence-electron chi connectivity index (χ0n) is 10.3. The second kappa shape index (κ2) is 5.72. The predicted octanol–water partition coefficient (Wildman–Crippen LogP) is 1.52. The minimum atomic E-state index is -0.441. The fourth-order valence-corrected chi connectivity index (χ4v) is 2.26. The van der Waals surface area contributed by atoms with Gasteiger partial charge in [-0.1, -0.05) is 18.6 Å². The molecule has 7 heteroatoms. The molecule has 0 unspecified atom stereocenters. The standard InChI is InChI=1S/C11H14N4O2S/c1-3-4-8-10(11(16)17-2)13-14-15(8)7-9-12-5-6-18-9/h5-6H,3-4,7H2,1-2H3. The number of ether oxygens (including phenoxy) is 1. The molecule has 0 saturated carbocycles. The molecular formula is C11H14N4O2S. The van der Waals surface area contributed by atoms with Gasteiger partial charge in [0.05, 0.1) is 19.3 Å². The average molecular weight is 266 g/mol. The Morgan fingerprint density at radius 1 is 1.56 bits per heavy atom. The van der Waals surface area contributed by atoms with E-state index in [0.29, 0.717) is 12.2 Å². The van der Waals surface area contributed by atoms with E-state index in [2.05, 4.69) is 15.3 Å². The van der Waals surface area contributed by atoms with Gasteiger partial charge in [0.15, 0.2) is 5.69 Å². The highest BCUT2D eigenvalue weighted by Crippen LogP contribution is 2.13. The topological polar surface area (TPSA) is 69.9 Å². The van der Waals surface area contributed by atoms with Gasteiger partial charge in [0.2, 0.25) is 0 Å². The van der Waals surface area contributed by atoms with Crippen molar-refractivity contribution in [1.82, 2.24) is 20.0 Å². The first-order valence-electron chi connectivity index (χ1n) is 5.65. The van der Waals surface area contributed by atoms with Gasteiger partial charge in [0, 0.05) is 11.6 Å². The summed E-state index contributed by atoms with van der Waals surface area (Å²) >= 11 is 1.55. The fourth-order valence-electron chi connectivity index (χ4n) is 1.66. The van der Waals surface area contributed by atoms with Gasteiger partial charge in [-0.05, 0) is 6.42 Å². The van der Waals surface area contributed by atoms with E-state index >= 15 is 0 Å². The van der Waals surface area contributed by atoms with Crippen molar-refractivity contribution in [3.05, 3.63) is 28.0 Å². The number of aromatic nitrogens is 4. The Morgan fingerprint density at radius 3 is 3.00 bits per heavy atom. The lowest BCUT2D eigenvalue weighted by Crippen LogP contribution is -2.10. The number of methoxy groups -OCH3 is 1. The molecule has 0 atom stereocenters. The van der Waals surface area contributed by atoms with Crippen LogP contribution in [0.3, 0.4) is 0 Å². The molecule has 0 N–H and O–H groups in total. The number of nitrogens with zero attached hydrogens (tertiary/aromatic N) is 4. The summed E-state index contributed by atoms with van der Waals surface area (Å²) in [4.78, 5) is 15.8. The van der Waals surface area contributed by atoms with Gasteiger partial charge in [-0.15, -0.1) is 16.4 Å². The highest BCUT2D eigenvalue weighted by molar-refractivity contribution is 7.09. The summed E-state index contributed by atoms with van der Waals surface area (Å²) in [6.45, 7) is 2.58. The largest absolute Gasteiger partial charge is 0.464 e. The Bertz CT molecular complexity index is 521. The van der Waals surface area contributed by atoms with E-state index in [9.17, 15) is 4.79 Å². The van der Waals surface area contributed by atoms with Gasteiger partial charge in [-0.3, -0.25) is 0 Å². The monoisotopic (exact) mass is 266 g/mol. The number of esters is 1. The lowest BCUT2D eigenvalue weighted by atomic mass is 10.2. The smallest absolute Gasteiger partial charge is 0.360 e. The lowest BCUT2D eigenvalue weighted by Gasteiger charge is -2.04. The molecule has 0 radical (unpaired) electrons. The van der Waals surface area contributed by atoms with Crippen molar-refractivity contribution in [2.75, 3.05) is 7.11 Å². The van der Waals surface area contributed by atoms with Gasteiger partial charge in [-0.25, -0.2) is 14.5 Å². The lowest BCUT2D eigenvalue weighted by molar-refractivity contribution is 0.0592. The Kier molecular flexibility index (Phi) is 4.03. The molecule has 0 aliphatic carbocycles. The SMILES string of the molecule is CCCc1c(C(=O)OC)nnn1Cc1nccs1. The van der Waals surface area contributed by atoms with Crippen molar-refractivity contribution < 1.29 is 9.53 Å². The van der Waals surface area contributed by atoms with E-state index in [-0.39, 0.29) is 0 Å². The number of carbonyl (C=O) groups excluding carboxylic acids is 1. The van der Waals surface area contributed by atoms with Crippen LogP contribution in [0, 0.1) is 0 Å². The van der Waals surface area contributed by atoms with E-state index in [0.717, 1.165) is 23.5 Å². The summed E-state index contributed by atoms with van der Waals surface area (Å²) in [5, 5.41) is 10.8. The normalized spacial score (nSPS) is 10.6. The fraction of sp³-hybridized carbons (Fsp3) is 0.455. The quantitative estimate of drug-likeness (QED) is 0.767. The maximum absolute atomic E-state index is 11.6. The van der Waals surface area contributed by atoms with Gasteiger partial charge in [-0.2, -0.15) is 0 Å². The highest BCUT2D eigenvalue weighted by atomic mass is 32.1. The van der Waals surface area contributed by atoms with Crippen LogP contribution in [-0.4, -0.2) is 33.1 Å². The molecule has 6 nitrogen and oxygen atoms in total. The maximum Gasteiger partial charge on any atom is 0.360 e. The number of thiazole rings is 1. The van der Waals surface area contributed by atoms with Crippen LogP contribution in [0.15, 0.2) is 11.6 Å². The predicted molar refractivity (Wildman–Crippen MR) is 66.6 cm³/mol. The van der Waals surface area contributed by atoms with Crippen LogP contribution in [0.2, 0.25) is 0 Å². The Balaban J connectivity index is 2.29. The van der Waals surface area contributed by atoms with E-state index in [1.165, 1.54) is 7.11 Å². The Morgan fingerprint density at radius 2 is 2.39 bits per heavy atom. The molecule has 0 bridgehead atoms. The van der Waals surface area contributed by atoms with Crippen LogP contribution in [0.5, 0.6) is 0 Å². The average Bonchev–Trinajstić information content (AvgIpc) is 3.01. The molecule has 0 fully saturated rings. The first-order valence-corrected chi connectivity index (χ1v) is 6.53. The summed E-state index contributed by atoms with van der Waals surface area (Å²) in [6.07, 6.45) is 3.40. The van der Waals surface area contributed by atoms with Crippen molar-refractivity contribution in [2.45, 2.75) is 26.3 Å². The molecule has 0 aliphatic rings. The molecule has 2 heterocycles. The first kappa shape index (κ1) is 12.7.